The number of hydrogen-bond acceptors (Lipinski definition) is 6. The zero-order valence-electron chi connectivity index (χ0n) is 10.6. The Kier molecular flexibility index (Phi) is 3.54. The lowest BCUT2D eigenvalue weighted by Crippen LogP contribution is -1.90. The van der Waals surface area contributed by atoms with Crippen LogP contribution in [0.25, 0.3) is 11.5 Å². The van der Waals surface area contributed by atoms with Gasteiger partial charge in [0, 0.05) is 26.8 Å². The van der Waals surface area contributed by atoms with Gasteiger partial charge in [0.1, 0.15) is 5.01 Å². The van der Waals surface area contributed by atoms with Gasteiger partial charge in [-0.3, -0.25) is 0 Å². The van der Waals surface area contributed by atoms with Crippen LogP contribution in [0.3, 0.4) is 0 Å². The highest BCUT2D eigenvalue weighted by Crippen LogP contribution is 2.25. The average molecular weight is 351 g/mol. The quantitative estimate of drug-likeness (QED) is 0.732. The van der Waals surface area contributed by atoms with Gasteiger partial charge in [-0.05, 0) is 25.1 Å². The molecule has 0 amide bonds. The number of anilines is 1. The first-order valence-electron chi connectivity index (χ1n) is 5.90. The van der Waals surface area contributed by atoms with Crippen molar-refractivity contribution in [3.05, 3.63) is 44.6 Å². The summed E-state index contributed by atoms with van der Waals surface area (Å²) < 4.78 is 6.16. The monoisotopic (exact) mass is 350 g/mol. The highest BCUT2D eigenvalue weighted by molar-refractivity contribution is 9.10. The van der Waals surface area contributed by atoms with E-state index in [4.69, 9.17) is 10.3 Å². The molecule has 3 aromatic rings. The molecule has 0 radical (unpaired) electrons. The van der Waals surface area contributed by atoms with Crippen LogP contribution in [0.4, 0.5) is 5.69 Å². The van der Waals surface area contributed by atoms with Crippen LogP contribution in [0.5, 0.6) is 0 Å². The molecule has 0 fully saturated rings. The van der Waals surface area contributed by atoms with Crippen molar-refractivity contribution in [1.82, 2.24) is 15.1 Å². The lowest BCUT2D eigenvalue weighted by atomic mass is 10.2. The standard InChI is InChI=1S/C13H11BrN4OS/c1-7-6-20-12(16-7)5-11-17-13(19-18-11)8-2-9(14)4-10(15)3-8/h2-4,6H,5,15H2,1H3. The lowest BCUT2D eigenvalue weighted by molar-refractivity contribution is 0.424. The van der Waals surface area contributed by atoms with E-state index in [1.165, 1.54) is 0 Å². The number of halogens is 1. The molecule has 5 nitrogen and oxygen atoms in total. The van der Waals surface area contributed by atoms with Gasteiger partial charge in [-0.2, -0.15) is 4.98 Å². The summed E-state index contributed by atoms with van der Waals surface area (Å²) in [6.07, 6.45) is 0.575. The van der Waals surface area contributed by atoms with Gasteiger partial charge in [-0.1, -0.05) is 21.1 Å². The Hall–Kier alpha value is -1.73. The molecule has 20 heavy (non-hydrogen) atoms. The molecule has 0 aliphatic heterocycles. The van der Waals surface area contributed by atoms with Gasteiger partial charge >= 0.3 is 0 Å². The first kappa shape index (κ1) is 13.3. The van der Waals surface area contributed by atoms with E-state index in [1.54, 1.807) is 17.4 Å². The number of rotatable bonds is 3. The lowest BCUT2D eigenvalue weighted by Gasteiger charge is -1.98. The maximum atomic E-state index is 5.80. The fourth-order valence-corrected chi connectivity index (χ4v) is 3.08. The predicted molar refractivity (Wildman–Crippen MR) is 81.5 cm³/mol. The molecule has 0 aliphatic rings. The van der Waals surface area contributed by atoms with Crippen LogP contribution in [-0.4, -0.2) is 15.1 Å². The molecular weight excluding hydrogens is 340 g/mol. The fourth-order valence-electron chi connectivity index (χ4n) is 1.80. The van der Waals surface area contributed by atoms with Gasteiger partial charge in [-0.15, -0.1) is 11.3 Å². The maximum Gasteiger partial charge on any atom is 0.258 e. The number of nitrogen functional groups attached to an aromatic ring is 1. The molecule has 0 saturated heterocycles. The SMILES string of the molecule is Cc1csc(Cc2noc(-c3cc(N)cc(Br)c3)n2)n1. The second-order valence-electron chi connectivity index (χ2n) is 4.35. The number of benzene rings is 1. The van der Waals surface area contributed by atoms with Crippen molar-refractivity contribution in [3.8, 4) is 11.5 Å². The molecule has 0 atom stereocenters. The van der Waals surface area contributed by atoms with E-state index in [0.717, 1.165) is 20.7 Å². The summed E-state index contributed by atoms with van der Waals surface area (Å²) in [7, 11) is 0. The summed E-state index contributed by atoms with van der Waals surface area (Å²) in [6, 6.07) is 5.51. The minimum Gasteiger partial charge on any atom is -0.399 e. The fraction of sp³-hybridized carbons (Fsp3) is 0.154. The normalized spacial score (nSPS) is 10.9. The van der Waals surface area contributed by atoms with Crippen molar-refractivity contribution in [1.29, 1.82) is 0 Å². The first-order chi connectivity index (χ1) is 9.60. The second kappa shape index (κ2) is 5.34. The Morgan fingerprint density at radius 1 is 1.30 bits per heavy atom. The largest absolute Gasteiger partial charge is 0.399 e. The third-order valence-corrected chi connectivity index (χ3v) is 4.04. The van der Waals surface area contributed by atoms with Gasteiger partial charge in [0.05, 0.1) is 6.42 Å². The molecule has 0 bridgehead atoms. The first-order valence-corrected chi connectivity index (χ1v) is 7.57. The van der Waals surface area contributed by atoms with E-state index in [-0.39, 0.29) is 0 Å². The van der Waals surface area contributed by atoms with Crippen LogP contribution in [0.1, 0.15) is 16.5 Å². The van der Waals surface area contributed by atoms with Crippen LogP contribution < -0.4 is 5.73 Å². The highest BCUT2D eigenvalue weighted by atomic mass is 79.9. The van der Waals surface area contributed by atoms with Crippen molar-refractivity contribution in [2.24, 2.45) is 0 Å². The number of nitrogens with zero attached hydrogens (tertiary/aromatic N) is 3. The Balaban J connectivity index is 1.86. The van der Waals surface area contributed by atoms with Crippen molar-refractivity contribution < 1.29 is 4.52 Å². The third kappa shape index (κ3) is 2.88. The molecule has 1 aromatic carbocycles. The molecule has 0 spiro atoms. The van der Waals surface area contributed by atoms with Gasteiger partial charge < -0.3 is 10.3 Å². The van der Waals surface area contributed by atoms with Crippen molar-refractivity contribution in [2.75, 3.05) is 5.73 Å². The topological polar surface area (TPSA) is 77.8 Å². The third-order valence-electron chi connectivity index (χ3n) is 2.61. The molecule has 3 rings (SSSR count). The van der Waals surface area contributed by atoms with Gasteiger partial charge in [0.2, 0.25) is 0 Å². The van der Waals surface area contributed by atoms with Crippen LogP contribution in [0, 0.1) is 6.92 Å². The predicted octanol–water partition coefficient (Wildman–Crippen LogP) is 3.44. The summed E-state index contributed by atoms with van der Waals surface area (Å²) in [5.41, 5.74) is 8.25. The zero-order valence-corrected chi connectivity index (χ0v) is 13.0. The van der Waals surface area contributed by atoms with E-state index < -0.39 is 0 Å². The molecule has 2 heterocycles. The van der Waals surface area contributed by atoms with E-state index in [1.807, 2.05) is 24.4 Å². The Morgan fingerprint density at radius 3 is 2.85 bits per heavy atom. The summed E-state index contributed by atoms with van der Waals surface area (Å²) in [4.78, 5) is 8.77. The van der Waals surface area contributed by atoms with Gasteiger partial charge in [-0.25, -0.2) is 4.98 Å². The van der Waals surface area contributed by atoms with Crippen LogP contribution in [-0.2, 0) is 6.42 Å². The minimum absolute atomic E-state index is 0.460. The molecule has 102 valence electrons. The number of nitrogens with two attached hydrogens (primary N) is 1. The summed E-state index contributed by atoms with van der Waals surface area (Å²) in [6.45, 7) is 1.96. The van der Waals surface area contributed by atoms with Gasteiger partial charge in [0.25, 0.3) is 5.89 Å². The van der Waals surface area contributed by atoms with E-state index in [0.29, 0.717) is 23.8 Å². The average Bonchev–Trinajstić information content (AvgIpc) is 2.98. The second-order valence-corrected chi connectivity index (χ2v) is 6.21. The van der Waals surface area contributed by atoms with Gasteiger partial charge in [0.15, 0.2) is 5.82 Å². The molecule has 0 saturated carbocycles. The molecular formula is C13H11BrN4OS. The van der Waals surface area contributed by atoms with Crippen molar-refractivity contribution >= 4 is 33.0 Å². The van der Waals surface area contributed by atoms with Crippen molar-refractivity contribution in [2.45, 2.75) is 13.3 Å². The minimum atomic E-state index is 0.460. The Morgan fingerprint density at radius 2 is 2.15 bits per heavy atom. The Labute approximate surface area is 128 Å². The van der Waals surface area contributed by atoms with E-state index in [9.17, 15) is 0 Å². The molecule has 0 aliphatic carbocycles. The van der Waals surface area contributed by atoms with E-state index >= 15 is 0 Å². The smallest absolute Gasteiger partial charge is 0.258 e. The van der Waals surface area contributed by atoms with Crippen LogP contribution >= 0.6 is 27.3 Å². The molecule has 2 aromatic heterocycles. The molecule has 7 heteroatoms. The molecule has 0 unspecified atom stereocenters. The number of hydrogen-bond donors (Lipinski definition) is 1. The van der Waals surface area contributed by atoms with Crippen LogP contribution in [0.2, 0.25) is 0 Å². The summed E-state index contributed by atoms with van der Waals surface area (Å²) >= 11 is 4.99. The van der Waals surface area contributed by atoms with E-state index in [2.05, 4.69) is 31.1 Å². The van der Waals surface area contributed by atoms with Crippen LogP contribution in [0.15, 0.2) is 32.6 Å². The summed E-state index contributed by atoms with van der Waals surface area (Å²) in [5.74, 6) is 1.08. The Bertz CT molecular complexity index is 732. The number of thiazole rings is 1. The number of aromatic nitrogens is 3. The highest BCUT2D eigenvalue weighted by Gasteiger charge is 2.12. The molecule has 2 N–H and O–H groups in total. The van der Waals surface area contributed by atoms with Crippen molar-refractivity contribution in [3.63, 3.8) is 0 Å². The maximum absolute atomic E-state index is 5.80. The zero-order chi connectivity index (χ0) is 14.1. The summed E-state index contributed by atoms with van der Waals surface area (Å²) in [5, 5.41) is 6.96. The number of aryl methyl sites for hydroxylation is 1.